The predicted molar refractivity (Wildman–Crippen MR) is 101 cm³/mol. The lowest BCUT2D eigenvalue weighted by molar-refractivity contribution is 0.0697. The van der Waals surface area contributed by atoms with Gasteiger partial charge in [-0.3, -0.25) is 0 Å². The average molecular weight is 352 g/mol. The summed E-state index contributed by atoms with van der Waals surface area (Å²) in [5.41, 5.74) is 3.34. The monoisotopic (exact) mass is 352 g/mol. The van der Waals surface area contributed by atoms with Crippen molar-refractivity contribution in [3.05, 3.63) is 70.3 Å². The second-order valence-corrected chi connectivity index (χ2v) is 6.70. The second-order valence-electron chi connectivity index (χ2n) is 5.86. The Hall–Kier alpha value is -2.66. The Labute approximate surface area is 150 Å². The summed E-state index contributed by atoms with van der Waals surface area (Å²) >= 11 is 1.60. The summed E-state index contributed by atoms with van der Waals surface area (Å²) in [5.74, 6) is -0.927. The van der Waals surface area contributed by atoms with E-state index < -0.39 is 5.97 Å². The molecule has 0 fully saturated rings. The van der Waals surface area contributed by atoms with Crippen LogP contribution in [0.15, 0.2) is 65.0 Å². The van der Waals surface area contributed by atoms with E-state index in [-0.39, 0.29) is 5.56 Å². The number of nitrogens with zero attached hydrogens (tertiary/aromatic N) is 2. The number of thiazole rings is 1. The number of carboxylic acids is 1. The fourth-order valence-corrected chi connectivity index (χ4v) is 3.64. The Morgan fingerprint density at radius 2 is 1.84 bits per heavy atom. The first-order chi connectivity index (χ1) is 12.1. The molecule has 2 aromatic carbocycles. The molecule has 0 aliphatic heterocycles. The topological polar surface area (TPSA) is 54.6 Å². The van der Waals surface area contributed by atoms with Crippen LogP contribution in [0, 0.1) is 0 Å². The largest absolute Gasteiger partial charge is 0.478 e. The summed E-state index contributed by atoms with van der Waals surface area (Å²) in [7, 11) is 0. The minimum atomic E-state index is -0.927. The molecular weight excluding hydrogens is 332 g/mol. The quantitative estimate of drug-likeness (QED) is 0.693. The summed E-state index contributed by atoms with van der Waals surface area (Å²) in [6.07, 6.45) is 1.00. The fourth-order valence-electron chi connectivity index (χ4n) is 2.62. The van der Waals surface area contributed by atoms with Crippen molar-refractivity contribution in [2.75, 3.05) is 0 Å². The number of aromatic nitrogens is 1. The van der Waals surface area contributed by atoms with Crippen LogP contribution in [0.1, 0.15) is 36.7 Å². The van der Waals surface area contributed by atoms with Crippen LogP contribution in [0.5, 0.6) is 0 Å². The van der Waals surface area contributed by atoms with Gasteiger partial charge < -0.3 is 9.67 Å². The van der Waals surface area contributed by atoms with E-state index in [0.29, 0.717) is 6.04 Å². The first-order valence-electron chi connectivity index (χ1n) is 8.23. The molecule has 128 valence electrons. The minimum Gasteiger partial charge on any atom is -0.478 e. The van der Waals surface area contributed by atoms with Gasteiger partial charge in [0.15, 0.2) is 4.80 Å². The SMILES string of the molecule is CCC(C)n1c(-c2ccccc2)csc1=Nc1ccc(C(=O)O)cc1. The third kappa shape index (κ3) is 3.72. The van der Waals surface area contributed by atoms with E-state index in [4.69, 9.17) is 10.1 Å². The first-order valence-corrected chi connectivity index (χ1v) is 9.11. The van der Waals surface area contributed by atoms with Gasteiger partial charge in [0.05, 0.1) is 16.9 Å². The zero-order valence-electron chi connectivity index (χ0n) is 14.2. The first kappa shape index (κ1) is 17.2. The standard InChI is InChI=1S/C20H20N2O2S/c1-3-14(2)22-18(15-7-5-4-6-8-15)13-25-20(22)21-17-11-9-16(10-12-17)19(23)24/h4-14H,3H2,1-2H3,(H,23,24). The molecule has 0 saturated heterocycles. The summed E-state index contributed by atoms with van der Waals surface area (Å²) in [4.78, 5) is 16.6. The molecule has 1 atom stereocenters. The van der Waals surface area contributed by atoms with E-state index in [9.17, 15) is 4.79 Å². The summed E-state index contributed by atoms with van der Waals surface area (Å²) in [6, 6.07) is 17.3. The molecule has 0 amide bonds. The van der Waals surface area contributed by atoms with Crippen LogP contribution in [-0.4, -0.2) is 15.6 Å². The predicted octanol–water partition coefficient (Wildman–Crippen LogP) is 5.12. The van der Waals surface area contributed by atoms with Gasteiger partial charge in [-0.05, 0) is 43.2 Å². The Balaban J connectivity index is 2.10. The number of rotatable bonds is 5. The van der Waals surface area contributed by atoms with Crippen LogP contribution < -0.4 is 4.80 Å². The van der Waals surface area contributed by atoms with Crippen molar-refractivity contribution in [2.24, 2.45) is 4.99 Å². The maximum atomic E-state index is 11.0. The number of hydrogen-bond acceptors (Lipinski definition) is 3. The van der Waals surface area contributed by atoms with Crippen molar-refractivity contribution in [3.8, 4) is 11.3 Å². The molecule has 0 aliphatic carbocycles. The van der Waals surface area contributed by atoms with Gasteiger partial charge in [0.25, 0.3) is 0 Å². The van der Waals surface area contributed by atoms with Crippen LogP contribution in [0.3, 0.4) is 0 Å². The lowest BCUT2D eigenvalue weighted by Gasteiger charge is -2.15. The van der Waals surface area contributed by atoms with Crippen LogP contribution in [0.25, 0.3) is 11.3 Å². The molecule has 1 heterocycles. The summed E-state index contributed by atoms with van der Waals surface area (Å²) in [6.45, 7) is 4.35. The molecule has 0 spiro atoms. The molecule has 3 aromatic rings. The molecule has 1 unspecified atom stereocenters. The van der Waals surface area contributed by atoms with Crippen molar-refractivity contribution in [3.63, 3.8) is 0 Å². The molecule has 4 nitrogen and oxygen atoms in total. The number of carbonyl (C=O) groups is 1. The average Bonchev–Trinajstić information content (AvgIpc) is 3.05. The van der Waals surface area contributed by atoms with E-state index in [1.165, 1.54) is 5.56 Å². The van der Waals surface area contributed by atoms with Crippen molar-refractivity contribution >= 4 is 23.0 Å². The van der Waals surface area contributed by atoms with Crippen molar-refractivity contribution in [2.45, 2.75) is 26.3 Å². The number of hydrogen-bond donors (Lipinski definition) is 1. The zero-order chi connectivity index (χ0) is 17.8. The lowest BCUT2D eigenvalue weighted by atomic mass is 10.1. The number of carboxylic acid groups (broad SMARTS) is 1. The highest BCUT2D eigenvalue weighted by atomic mass is 32.1. The summed E-state index contributed by atoms with van der Waals surface area (Å²) < 4.78 is 2.26. The Morgan fingerprint density at radius 3 is 2.44 bits per heavy atom. The smallest absolute Gasteiger partial charge is 0.335 e. The van der Waals surface area contributed by atoms with Gasteiger partial charge >= 0.3 is 5.97 Å². The van der Waals surface area contributed by atoms with Gasteiger partial charge in [0, 0.05) is 11.4 Å². The van der Waals surface area contributed by atoms with E-state index in [1.807, 2.05) is 18.2 Å². The van der Waals surface area contributed by atoms with Gasteiger partial charge in [-0.15, -0.1) is 11.3 Å². The number of aromatic carboxylic acids is 1. The van der Waals surface area contributed by atoms with Gasteiger partial charge in [-0.2, -0.15) is 0 Å². The van der Waals surface area contributed by atoms with Crippen molar-refractivity contribution < 1.29 is 9.90 Å². The van der Waals surface area contributed by atoms with Crippen molar-refractivity contribution in [1.82, 2.24) is 4.57 Å². The van der Waals surface area contributed by atoms with Gasteiger partial charge in [0.2, 0.25) is 0 Å². The van der Waals surface area contributed by atoms with E-state index in [0.717, 1.165) is 22.6 Å². The fraction of sp³-hybridized carbons (Fsp3) is 0.200. The van der Waals surface area contributed by atoms with Crippen LogP contribution in [0.2, 0.25) is 0 Å². The Kier molecular flexibility index (Phi) is 5.14. The van der Waals surface area contributed by atoms with E-state index in [2.05, 4.69) is 35.9 Å². The van der Waals surface area contributed by atoms with Crippen LogP contribution in [-0.2, 0) is 0 Å². The molecule has 5 heteroatoms. The third-order valence-corrected chi connectivity index (χ3v) is 5.02. The normalized spacial score (nSPS) is 13.0. The molecule has 0 saturated carbocycles. The van der Waals surface area contributed by atoms with Crippen molar-refractivity contribution in [1.29, 1.82) is 0 Å². The molecule has 0 aliphatic rings. The molecule has 0 bridgehead atoms. The van der Waals surface area contributed by atoms with E-state index in [1.54, 1.807) is 35.6 Å². The molecule has 1 aromatic heterocycles. The Morgan fingerprint density at radius 1 is 1.16 bits per heavy atom. The number of benzene rings is 2. The van der Waals surface area contributed by atoms with Crippen LogP contribution >= 0.6 is 11.3 Å². The molecule has 0 radical (unpaired) electrons. The summed E-state index contributed by atoms with van der Waals surface area (Å²) in [5, 5.41) is 11.1. The molecule has 25 heavy (non-hydrogen) atoms. The highest BCUT2D eigenvalue weighted by Crippen LogP contribution is 2.25. The Bertz CT molecular complexity index is 924. The third-order valence-electron chi connectivity index (χ3n) is 4.18. The highest BCUT2D eigenvalue weighted by Gasteiger charge is 2.12. The van der Waals surface area contributed by atoms with Gasteiger partial charge in [-0.1, -0.05) is 37.3 Å². The second kappa shape index (κ2) is 7.49. The molecule has 3 rings (SSSR count). The van der Waals surface area contributed by atoms with Gasteiger partial charge in [0.1, 0.15) is 0 Å². The minimum absolute atomic E-state index is 0.268. The molecular formula is C20H20N2O2S. The van der Waals surface area contributed by atoms with E-state index >= 15 is 0 Å². The van der Waals surface area contributed by atoms with Gasteiger partial charge in [-0.25, -0.2) is 9.79 Å². The molecule has 1 N–H and O–H groups in total. The maximum absolute atomic E-state index is 11.0. The highest BCUT2D eigenvalue weighted by molar-refractivity contribution is 7.07. The maximum Gasteiger partial charge on any atom is 0.335 e. The lowest BCUT2D eigenvalue weighted by Crippen LogP contribution is -2.19. The zero-order valence-corrected chi connectivity index (χ0v) is 15.0. The van der Waals surface area contributed by atoms with Crippen LogP contribution in [0.4, 0.5) is 5.69 Å².